The van der Waals surface area contributed by atoms with E-state index in [2.05, 4.69) is 26.2 Å². The second-order valence-corrected chi connectivity index (χ2v) is 10.5. The fraction of sp³-hybridized carbons (Fsp3) is 0.281. The zero-order valence-electron chi connectivity index (χ0n) is 23.8. The molecule has 0 aromatic heterocycles. The molecule has 0 saturated carbocycles. The van der Waals surface area contributed by atoms with E-state index in [9.17, 15) is 31.9 Å². The van der Waals surface area contributed by atoms with Crippen LogP contribution in [0.5, 0.6) is 5.75 Å². The van der Waals surface area contributed by atoms with Gasteiger partial charge >= 0.3 is 24.4 Å². The summed E-state index contributed by atoms with van der Waals surface area (Å²) in [5.41, 5.74) is 2.54. The molecule has 45 heavy (non-hydrogen) atoms. The van der Waals surface area contributed by atoms with Gasteiger partial charge in [0.2, 0.25) is 0 Å². The number of hydrogen-bond donors (Lipinski definition) is 3. The highest BCUT2D eigenvalue weighted by atomic mass is 19.3. The number of nitrogens with one attached hydrogen (secondary N) is 2. The van der Waals surface area contributed by atoms with Crippen LogP contribution in [0.25, 0.3) is 5.57 Å². The summed E-state index contributed by atoms with van der Waals surface area (Å²) < 4.78 is 63.3. The Kier molecular flexibility index (Phi) is 9.09. The van der Waals surface area contributed by atoms with Gasteiger partial charge in [-0.25, -0.2) is 9.53 Å². The molecule has 0 fully saturated rings. The molecule has 1 aliphatic heterocycles. The summed E-state index contributed by atoms with van der Waals surface area (Å²) in [6.45, 7) is -0.0274. The highest BCUT2D eigenvalue weighted by molar-refractivity contribution is 6.02. The summed E-state index contributed by atoms with van der Waals surface area (Å²) >= 11 is 0. The van der Waals surface area contributed by atoms with E-state index in [0.29, 0.717) is 11.3 Å². The topological polar surface area (TPSA) is 117 Å². The first-order chi connectivity index (χ1) is 21.4. The first kappa shape index (κ1) is 31.5. The van der Waals surface area contributed by atoms with Crippen LogP contribution in [-0.4, -0.2) is 35.9 Å². The summed E-state index contributed by atoms with van der Waals surface area (Å²) in [6.07, 6.45) is -2.77. The molecule has 0 bridgehead atoms. The number of urea groups is 1. The van der Waals surface area contributed by atoms with Crippen molar-refractivity contribution in [1.29, 1.82) is 0 Å². The first-order valence-electron chi connectivity index (χ1n) is 14.2. The number of halogens is 4. The summed E-state index contributed by atoms with van der Waals surface area (Å²) in [7, 11) is 0. The van der Waals surface area contributed by atoms with Crippen LogP contribution in [0.2, 0.25) is 0 Å². The van der Waals surface area contributed by atoms with Crippen molar-refractivity contribution in [3.8, 4) is 5.75 Å². The second-order valence-electron chi connectivity index (χ2n) is 10.5. The zero-order chi connectivity index (χ0) is 32.2. The predicted molar refractivity (Wildman–Crippen MR) is 156 cm³/mol. The number of alkyl halides is 4. The first-order valence-corrected chi connectivity index (χ1v) is 14.2. The quantitative estimate of drug-likeness (QED) is 0.218. The molecular weight excluding hydrogens is 598 g/mol. The normalized spacial score (nSPS) is 16.4. The van der Waals surface area contributed by atoms with Crippen LogP contribution in [0.15, 0.2) is 72.8 Å². The number of carbonyl (C=O) groups excluding carboxylic acids is 2. The number of fused-ring (bicyclic) bond motifs is 1. The van der Waals surface area contributed by atoms with Crippen molar-refractivity contribution < 1.29 is 46.5 Å². The molecule has 1 heterocycles. The van der Waals surface area contributed by atoms with E-state index in [1.165, 1.54) is 22.6 Å². The summed E-state index contributed by atoms with van der Waals surface area (Å²) in [5, 5.41) is 13.8. The molecule has 236 valence electrons. The van der Waals surface area contributed by atoms with Crippen LogP contribution >= 0.6 is 0 Å². The molecule has 1 aliphatic carbocycles. The maximum atomic E-state index is 14.3. The van der Waals surface area contributed by atoms with Gasteiger partial charge in [-0.2, -0.15) is 8.78 Å². The number of rotatable bonds is 9. The smallest absolute Gasteiger partial charge is 0.481 e. The molecule has 5 rings (SSSR count). The molecule has 13 heteroatoms. The average molecular weight is 628 g/mol. The van der Waals surface area contributed by atoms with Crippen LogP contribution in [0.1, 0.15) is 59.2 Å². The average Bonchev–Trinajstić information content (AvgIpc) is 3.00. The Hall–Kier alpha value is -4.91. The Morgan fingerprint density at radius 1 is 0.933 bits per heavy atom. The maximum Gasteiger partial charge on any atom is 0.540 e. The minimum absolute atomic E-state index is 0.00827. The van der Waals surface area contributed by atoms with E-state index in [1.807, 2.05) is 12.1 Å². The number of carboxylic acids is 1. The Balaban J connectivity index is 1.38. The van der Waals surface area contributed by atoms with Crippen LogP contribution in [-0.2, 0) is 22.2 Å². The zero-order valence-corrected chi connectivity index (χ0v) is 23.8. The van der Waals surface area contributed by atoms with Gasteiger partial charge in [-0.1, -0.05) is 30.3 Å². The van der Waals surface area contributed by atoms with Gasteiger partial charge in [0.1, 0.15) is 5.75 Å². The molecular formula is C32H29F4N3O6. The molecule has 3 aromatic carbocycles. The predicted octanol–water partition coefficient (Wildman–Crippen LogP) is 7.10. The summed E-state index contributed by atoms with van der Waals surface area (Å²) in [4.78, 5) is 38.0. The van der Waals surface area contributed by atoms with Gasteiger partial charge in [0.15, 0.2) is 0 Å². The van der Waals surface area contributed by atoms with Gasteiger partial charge in [0.25, 0.3) is 5.91 Å². The fourth-order valence-corrected chi connectivity index (χ4v) is 5.03. The lowest BCUT2D eigenvalue weighted by molar-refractivity contribution is -0.461. The monoisotopic (exact) mass is 627 g/mol. The summed E-state index contributed by atoms with van der Waals surface area (Å²) in [5.74, 6) is -2.29. The van der Waals surface area contributed by atoms with E-state index in [0.717, 1.165) is 49.4 Å². The molecule has 0 atom stereocenters. The van der Waals surface area contributed by atoms with Crippen molar-refractivity contribution in [3.05, 3.63) is 95.1 Å². The fourth-order valence-electron chi connectivity index (χ4n) is 5.03. The molecule has 3 N–H and O–H groups in total. The number of ether oxygens (including phenoxy) is 2. The van der Waals surface area contributed by atoms with Crippen molar-refractivity contribution in [1.82, 2.24) is 5.32 Å². The van der Waals surface area contributed by atoms with Crippen molar-refractivity contribution in [2.75, 3.05) is 16.8 Å². The van der Waals surface area contributed by atoms with E-state index in [1.54, 1.807) is 24.3 Å². The maximum absolute atomic E-state index is 14.3. The van der Waals surface area contributed by atoms with E-state index in [4.69, 9.17) is 5.11 Å². The van der Waals surface area contributed by atoms with Crippen LogP contribution < -0.4 is 20.3 Å². The number of benzene rings is 3. The summed E-state index contributed by atoms with van der Waals surface area (Å²) in [6, 6.07) is 15.8. The number of nitrogens with zero attached hydrogens (tertiary/aromatic N) is 1. The third kappa shape index (κ3) is 7.79. The number of carboxylic acid groups (broad SMARTS) is 1. The molecule has 2 aliphatic rings. The largest absolute Gasteiger partial charge is 0.540 e. The number of anilines is 2. The lowest BCUT2D eigenvalue weighted by Gasteiger charge is -2.31. The lowest BCUT2D eigenvalue weighted by Crippen LogP contribution is -2.41. The highest BCUT2D eigenvalue weighted by Crippen LogP contribution is 2.47. The van der Waals surface area contributed by atoms with Crippen LogP contribution in [0, 0.1) is 0 Å². The Labute approximate surface area is 255 Å². The second kappa shape index (κ2) is 13.0. The van der Waals surface area contributed by atoms with Crippen LogP contribution in [0.3, 0.4) is 0 Å². The van der Waals surface area contributed by atoms with Gasteiger partial charge in [-0.3, -0.25) is 14.5 Å². The van der Waals surface area contributed by atoms with Crippen molar-refractivity contribution in [3.63, 3.8) is 0 Å². The highest BCUT2D eigenvalue weighted by Gasteiger charge is 2.54. The molecule has 0 unspecified atom stereocenters. The molecule has 9 nitrogen and oxygen atoms in total. The van der Waals surface area contributed by atoms with Gasteiger partial charge in [0.05, 0.1) is 18.5 Å². The Morgan fingerprint density at radius 2 is 1.67 bits per heavy atom. The minimum Gasteiger partial charge on any atom is -0.481 e. The van der Waals surface area contributed by atoms with Gasteiger partial charge in [-0.15, -0.1) is 8.78 Å². The molecule has 0 spiro atoms. The third-order valence-corrected chi connectivity index (χ3v) is 7.29. The molecule has 3 amide bonds. The Bertz CT molecular complexity index is 1610. The van der Waals surface area contributed by atoms with Crippen molar-refractivity contribution in [2.45, 2.75) is 51.1 Å². The van der Waals surface area contributed by atoms with Crippen molar-refractivity contribution >= 4 is 34.9 Å². The number of allylic oxidation sites excluding steroid dienone is 2. The minimum atomic E-state index is -4.52. The van der Waals surface area contributed by atoms with E-state index >= 15 is 0 Å². The third-order valence-electron chi connectivity index (χ3n) is 7.29. The Morgan fingerprint density at radius 3 is 2.33 bits per heavy atom. The number of amides is 3. The number of aliphatic carboxylic acids is 1. The lowest BCUT2D eigenvalue weighted by atomic mass is 9.93. The standard InChI is InChI=1S/C32H29F4N3O6/c33-31(34)26-18-24(12-15-27(26)44-32(35,36)45-31)38-30(43)39(25-13-10-22(11-14-25)21-4-2-1-3-5-21)19-20-6-8-23(9-7-20)29(42)37-17-16-28(40)41/h4,6-15,18H,1-3,5,16-17,19H2,(H,37,42)(H,38,43)(H,40,41). The van der Waals surface area contributed by atoms with E-state index < -0.39 is 41.6 Å². The molecule has 3 aromatic rings. The molecule has 0 saturated heterocycles. The number of carbonyl (C=O) groups is 3. The van der Waals surface area contributed by atoms with E-state index in [-0.39, 0.29) is 30.8 Å². The van der Waals surface area contributed by atoms with Crippen molar-refractivity contribution in [2.24, 2.45) is 0 Å². The molecule has 0 radical (unpaired) electrons. The SMILES string of the molecule is O=C(O)CCNC(=O)c1ccc(CN(C(=O)Nc2ccc3c(c2)C(F)(F)OC(F)(F)O3)c2ccc(C3=CCCCC3)cc2)cc1. The number of hydrogen-bond acceptors (Lipinski definition) is 5. The van der Waals surface area contributed by atoms with Gasteiger partial charge in [0, 0.05) is 23.5 Å². The van der Waals surface area contributed by atoms with Gasteiger partial charge < -0.3 is 20.5 Å². The van der Waals surface area contributed by atoms with Crippen LogP contribution in [0.4, 0.5) is 33.7 Å². The van der Waals surface area contributed by atoms with Gasteiger partial charge in [-0.05, 0) is 84.8 Å².